The lowest BCUT2D eigenvalue weighted by Crippen LogP contribution is -1.96. The fourth-order valence-corrected chi connectivity index (χ4v) is 3.45. The molecule has 0 spiro atoms. The van der Waals surface area contributed by atoms with Crippen LogP contribution in [0.1, 0.15) is 30.9 Å². The van der Waals surface area contributed by atoms with E-state index in [4.69, 9.17) is 11.6 Å². The zero-order chi connectivity index (χ0) is 16.4. The Kier molecular flexibility index (Phi) is 4.84. The quantitative estimate of drug-likeness (QED) is 0.837. The molecule has 0 radical (unpaired) electrons. The Hall–Kier alpha value is -1.64. The van der Waals surface area contributed by atoms with E-state index in [1.165, 1.54) is 5.56 Å². The van der Waals surface area contributed by atoms with E-state index in [0.29, 0.717) is 22.6 Å². The predicted octanol–water partition coefficient (Wildman–Crippen LogP) is 4.66. The van der Waals surface area contributed by atoms with Gasteiger partial charge in [0.25, 0.3) is 0 Å². The molecule has 1 N–H and O–H groups in total. The van der Waals surface area contributed by atoms with Crippen molar-refractivity contribution < 1.29 is 9.90 Å². The standard InChI is InChI=1S/C20H21ClO2/c1-13(23)20-11-17(20)7-4-14-2-5-16(6-3-14)18-8-15(12-22)9-19(21)10-18/h2-3,5-6,8-10,17,20,22H,4,7,11-12H2,1H3. The molecular weight excluding hydrogens is 308 g/mol. The van der Waals surface area contributed by atoms with E-state index in [1.807, 2.05) is 12.1 Å². The highest BCUT2D eigenvalue weighted by molar-refractivity contribution is 6.31. The molecule has 2 nitrogen and oxygen atoms in total. The van der Waals surface area contributed by atoms with Gasteiger partial charge in [0, 0.05) is 10.9 Å². The van der Waals surface area contributed by atoms with Crippen LogP contribution in [0.3, 0.4) is 0 Å². The number of aliphatic hydroxyl groups is 1. The summed E-state index contributed by atoms with van der Waals surface area (Å²) in [5.74, 6) is 1.25. The van der Waals surface area contributed by atoms with Gasteiger partial charge < -0.3 is 5.11 Å². The number of hydrogen-bond donors (Lipinski definition) is 1. The SMILES string of the molecule is CC(=O)C1CC1CCc1ccc(-c2cc(Cl)cc(CO)c2)cc1. The third-order valence-corrected chi connectivity index (χ3v) is 4.89. The Balaban J connectivity index is 1.65. The Labute approximate surface area is 142 Å². The summed E-state index contributed by atoms with van der Waals surface area (Å²) in [5.41, 5.74) is 4.24. The molecule has 0 saturated heterocycles. The van der Waals surface area contributed by atoms with E-state index in [2.05, 4.69) is 24.3 Å². The molecule has 2 atom stereocenters. The first-order chi connectivity index (χ1) is 11.1. The Morgan fingerprint density at radius 1 is 1.13 bits per heavy atom. The highest BCUT2D eigenvalue weighted by atomic mass is 35.5. The van der Waals surface area contributed by atoms with Crippen LogP contribution < -0.4 is 0 Å². The molecule has 2 unspecified atom stereocenters. The number of aryl methyl sites for hydroxylation is 1. The van der Waals surface area contributed by atoms with Gasteiger partial charge in [0.05, 0.1) is 6.61 Å². The first-order valence-corrected chi connectivity index (χ1v) is 8.44. The number of hydrogen-bond acceptors (Lipinski definition) is 2. The molecule has 0 heterocycles. The van der Waals surface area contributed by atoms with Gasteiger partial charge in [-0.15, -0.1) is 0 Å². The average Bonchev–Trinajstić information content (AvgIpc) is 3.33. The molecular formula is C20H21ClO2. The first-order valence-electron chi connectivity index (χ1n) is 8.07. The smallest absolute Gasteiger partial charge is 0.133 e. The van der Waals surface area contributed by atoms with Gasteiger partial charge >= 0.3 is 0 Å². The zero-order valence-electron chi connectivity index (χ0n) is 13.3. The minimum absolute atomic E-state index is 0.00958. The van der Waals surface area contributed by atoms with Crippen LogP contribution >= 0.6 is 11.6 Å². The number of Topliss-reactive ketones (excluding diaryl/α,β-unsaturated/α-hetero) is 1. The van der Waals surface area contributed by atoms with Crippen LogP contribution in [0.4, 0.5) is 0 Å². The summed E-state index contributed by atoms with van der Waals surface area (Å²) < 4.78 is 0. The number of carbonyl (C=O) groups is 1. The number of rotatable bonds is 6. The van der Waals surface area contributed by atoms with Gasteiger partial charge in [0.1, 0.15) is 5.78 Å². The van der Waals surface area contributed by atoms with Crippen molar-refractivity contribution in [3.8, 4) is 11.1 Å². The van der Waals surface area contributed by atoms with Crippen molar-refractivity contribution in [1.29, 1.82) is 0 Å². The van der Waals surface area contributed by atoms with E-state index in [1.54, 1.807) is 13.0 Å². The van der Waals surface area contributed by atoms with Crippen LogP contribution in [-0.2, 0) is 17.8 Å². The van der Waals surface area contributed by atoms with E-state index in [-0.39, 0.29) is 6.61 Å². The molecule has 0 bridgehead atoms. The summed E-state index contributed by atoms with van der Waals surface area (Å²) in [5, 5.41) is 9.92. The van der Waals surface area contributed by atoms with Crippen molar-refractivity contribution >= 4 is 17.4 Å². The van der Waals surface area contributed by atoms with Gasteiger partial charge in [-0.2, -0.15) is 0 Å². The van der Waals surface area contributed by atoms with Gasteiger partial charge in [-0.25, -0.2) is 0 Å². The van der Waals surface area contributed by atoms with E-state index >= 15 is 0 Å². The number of ketones is 1. The lowest BCUT2D eigenvalue weighted by Gasteiger charge is -2.07. The minimum atomic E-state index is -0.00958. The summed E-state index contributed by atoms with van der Waals surface area (Å²) in [7, 11) is 0. The van der Waals surface area contributed by atoms with Crippen molar-refractivity contribution in [2.24, 2.45) is 11.8 Å². The van der Waals surface area contributed by atoms with Crippen LogP contribution in [0.15, 0.2) is 42.5 Å². The molecule has 3 rings (SSSR count). The van der Waals surface area contributed by atoms with E-state index in [0.717, 1.165) is 36.0 Å². The number of benzene rings is 2. The fraction of sp³-hybridized carbons (Fsp3) is 0.350. The predicted molar refractivity (Wildman–Crippen MR) is 93.4 cm³/mol. The molecule has 2 aromatic carbocycles. The lowest BCUT2D eigenvalue weighted by atomic mass is 9.99. The third kappa shape index (κ3) is 4.01. The van der Waals surface area contributed by atoms with Gasteiger partial charge in [0.2, 0.25) is 0 Å². The Bertz CT molecular complexity index is 706. The zero-order valence-corrected chi connectivity index (χ0v) is 14.0. The van der Waals surface area contributed by atoms with Gasteiger partial charge in [0.15, 0.2) is 0 Å². The van der Waals surface area contributed by atoms with Crippen molar-refractivity contribution in [2.45, 2.75) is 32.8 Å². The molecule has 1 saturated carbocycles. The van der Waals surface area contributed by atoms with Gasteiger partial charge in [-0.3, -0.25) is 4.79 Å². The van der Waals surface area contributed by atoms with Crippen molar-refractivity contribution in [1.82, 2.24) is 0 Å². The molecule has 23 heavy (non-hydrogen) atoms. The Morgan fingerprint density at radius 2 is 1.87 bits per heavy atom. The Morgan fingerprint density at radius 3 is 2.48 bits per heavy atom. The third-order valence-electron chi connectivity index (χ3n) is 4.68. The normalized spacial score (nSPS) is 19.6. The lowest BCUT2D eigenvalue weighted by molar-refractivity contribution is -0.118. The molecule has 0 aliphatic heterocycles. The highest BCUT2D eigenvalue weighted by Gasteiger charge is 2.39. The average molecular weight is 329 g/mol. The molecule has 3 heteroatoms. The van der Waals surface area contributed by atoms with Gasteiger partial charge in [-0.05, 0) is 72.6 Å². The molecule has 1 fully saturated rings. The maximum absolute atomic E-state index is 11.3. The first kappa shape index (κ1) is 16.2. The fourth-order valence-electron chi connectivity index (χ4n) is 3.19. The van der Waals surface area contributed by atoms with Gasteiger partial charge in [-0.1, -0.05) is 35.9 Å². The molecule has 1 aliphatic rings. The van der Waals surface area contributed by atoms with E-state index in [9.17, 15) is 9.90 Å². The molecule has 120 valence electrons. The van der Waals surface area contributed by atoms with Crippen LogP contribution in [0.5, 0.6) is 0 Å². The van der Waals surface area contributed by atoms with Crippen molar-refractivity contribution in [2.75, 3.05) is 0 Å². The number of halogens is 1. The maximum Gasteiger partial charge on any atom is 0.133 e. The van der Waals surface area contributed by atoms with Crippen LogP contribution in [0.2, 0.25) is 5.02 Å². The minimum Gasteiger partial charge on any atom is -0.392 e. The summed E-state index contributed by atoms with van der Waals surface area (Å²) >= 11 is 6.10. The summed E-state index contributed by atoms with van der Waals surface area (Å²) in [6.45, 7) is 1.69. The topological polar surface area (TPSA) is 37.3 Å². The highest BCUT2D eigenvalue weighted by Crippen LogP contribution is 2.42. The molecule has 0 amide bonds. The largest absolute Gasteiger partial charge is 0.392 e. The second-order valence-corrected chi connectivity index (χ2v) is 6.89. The summed E-state index contributed by atoms with van der Waals surface area (Å²) in [6, 6.07) is 14.1. The number of carbonyl (C=O) groups excluding carboxylic acids is 1. The van der Waals surface area contributed by atoms with Crippen LogP contribution in [-0.4, -0.2) is 10.9 Å². The van der Waals surface area contributed by atoms with Crippen molar-refractivity contribution in [3.05, 3.63) is 58.6 Å². The van der Waals surface area contributed by atoms with E-state index < -0.39 is 0 Å². The molecule has 2 aromatic rings. The maximum atomic E-state index is 11.3. The number of aliphatic hydroxyl groups excluding tert-OH is 1. The monoisotopic (exact) mass is 328 g/mol. The van der Waals surface area contributed by atoms with Crippen LogP contribution in [0.25, 0.3) is 11.1 Å². The summed E-state index contributed by atoms with van der Waals surface area (Å²) in [6.07, 6.45) is 3.18. The second-order valence-electron chi connectivity index (χ2n) is 6.45. The summed E-state index contributed by atoms with van der Waals surface area (Å²) in [4.78, 5) is 11.3. The van der Waals surface area contributed by atoms with Crippen LogP contribution in [0, 0.1) is 11.8 Å². The van der Waals surface area contributed by atoms with Crippen molar-refractivity contribution in [3.63, 3.8) is 0 Å². The molecule has 0 aromatic heterocycles. The molecule has 1 aliphatic carbocycles. The second kappa shape index (κ2) is 6.86.